The van der Waals surface area contributed by atoms with Crippen LogP contribution < -0.4 is 10.1 Å². The number of ether oxygens (including phenoxy) is 3. The second-order valence-electron chi connectivity index (χ2n) is 7.19. The number of rotatable bonds is 6. The Morgan fingerprint density at radius 2 is 1.89 bits per heavy atom. The van der Waals surface area contributed by atoms with E-state index in [0.29, 0.717) is 43.4 Å². The van der Waals surface area contributed by atoms with Gasteiger partial charge in [0.05, 0.1) is 18.9 Å². The summed E-state index contributed by atoms with van der Waals surface area (Å²) in [7, 11) is 0. The van der Waals surface area contributed by atoms with Crippen LogP contribution in [0.4, 0.5) is 15.3 Å². The predicted octanol–water partition coefficient (Wildman–Crippen LogP) is 4.51. The Morgan fingerprint density at radius 3 is 2.48 bits per heavy atom. The molecule has 1 aliphatic heterocycles. The Morgan fingerprint density at radius 1 is 1.22 bits per heavy atom. The molecule has 8 heteroatoms. The second kappa shape index (κ2) is 9.17. The number of nitrogens with zero attached hydrogens (tertiary/aromatic N) is 1. The monoisotopic (exact) mass is 398 g/mol. The maximum atomic E-state index is 12.3. The van der Waals surface area contributed by atoms with E-state index in [1.54, 1.807) is 4.90 Å². The molecule has 1 heterocycles. The lowest BCUT2D eigenvalue weighted by atomic mass is 10.1. The molecule has 0 atom stereocenters. The molecule has 1 aromatic rings. The van der Waals surface area contributed by atoms with Crippen LogP contribution in [0.2, 0.25) is 0 Å². The number of alkyl halides is 1. The van der Waals surface area contributed by atoms with E-state index in [0.717, 1.165) is 11.1 Å². The quantitative estimate of drug-likeness (QED) is 0.563. The lowest BCUT2D eigenvalue weighted by Gasteiger charge is -2.24. The molecule has 1 N–H and O–H groups in total. The first-order chi connectivity index (χ1) is 12.7. The molecule has 150 valence electrons. The molecule has 2 amide bonds. The lowest BCUT2D eigenvalue weighted by Crippen LogP contribution is -2.33. The van der Waals surface area contributed by atoms with Gasteiger partial charge in [0, 0.05) is 19.0 Å². The molecular weight excluding hydrogens is 372 g/mol. The Kier molecular flexibility index (Phi) is 7.18. The largest absolute Gasteiger partial charge is 0.492 e. The van der Waals surface area contributed by atoms with Gasteiger partial charge in [-0.2, -0.15) is 0 Å². The molecule has 0 unspecified atom stereocenters. The molecule has 0 aromatic heterocycles. The number of anilines is 1. The second-order valence-corrected chi connectivity index (χ2v) is 7.57. The van der Waals surface area contributed by atoms with Gasteiger partial charge in [-0.25, -0.2) is 9.59 Å². The SMILES string of the molecule is CCOc1cc2c(cc1NC(=O)OCCCCl)CN(C(=O)OC(C)(C)C)C2. The topological polar surface area (TPSA) is 77.1 Å². The minimum atomic E-state index is -0.567. The van der Waals surface area contributed by atoms with Crippen molar-refractivity contribution in [2.24, 2.45) is 0 Å². The van der Waals surface area contributed by atoms with Gasteiger partial charge in [0.15, 0.2) is 0 Å². The van der Waals surface area contributed by atoms with Crippen molar-refractivity contribution in [3.63, 3.8) is 0 Å². The highest BCUT2D eigenvalue weighted by atomic mass is 35.5. The molecule has 0 bridgehead atoms. The van der Waals surface area contributed by atoms with Crippen LogP contribution in [0.3, 0.4) is 0 Å². The van der Waals surface area contributed by atoms with Crippen LogP contribution >= 0.6 is 11.6 Å². The summed E-state index contributed by atoms with van der Waals surface area (Å²) < 4.78 is 16.2. The minimum Gasteiger partial charge on any atom is -0.492 e. The summed E-state index contributed by atoms with van der Waals surface area (Å²) in [6.45, 7) is 8.90. The van der Waals surface area contributed by atoms with E-state index in [-0.39, 0.29) is 12.7 Å². The van der Waals surface area contributed by atoms with E-state index in [2.05, 4.69) is 5.32 Å². The van der Waals surface area contributed by atoms with Gasteiger partial charge in [-0.1, -0.05) is 0 Å². The van der Waals surface area contributed by atoms with Gasteiger partial charge in [0.1, 0.15) is 11.4 Å². The van der Waals surface area contributed by atoms with Gasteiger partial charge in [0.2, 0.25) is 0 Å². The van der Waals surface area contributed by atoms with Gasteiger partial charge in [-0.15, -0.1) is 11.6 Å². The first-order valence-corrected chi connectivity index (χ1v) is 9.53. The fraction of sp³-hybridized carbons (Fsp3) is 0.579. The van der Waals surface area contributed by atoms with Crippen molar-refractivity contribution in [1.29, 1.82) is 0 Å². The Balaban J connectivity index is 2.12. The van der Waals surface area contributed by atoms with Crippen LogP contribution in [0.5, 0.6) is 5.75 Å². The number of halogens is 1. The number of carbonyl (C=O) groups is 2. The van der Waals surface area contributed by atoms with Crippen molar-refractivity contribution in [3.8, 4) is 5.75 Å². The van der Waals surface area contributed by atoms with Crippen molar-refractivity contribution >= 4 is 29.5 Å². The highest BCUT2D eigenvalue weighted by Crippen LogP contribution is 2.34. The van der Waals surface area contributed by atoms with Gasteiger partial charge in [-0.05, 0) is 57.4 Å². The van der Waals surface area contributed by atoms with Crippen LogP contribution in [-0.4, -0.2) is 41.8 Å². The highest BCUT2D eigenvalue weighted by Gasteiger charge is 2.29. The Hall–Kier alpha value is -2.15. The number of hydrogen-bond donors (Lipinski definition) is 1. The summed E-state index contributed by atoms with van der Waals surface area (Å²) in [5, 5.41) is 2.70. The summed E-state index contributed by atoms with van der Waals surface area (Å²) in [4.78, 5) is 25.9. The maximum absolute atomic E-state index is 12.3. The standard InChI is InChI=1S/C19H27ClN2O5/c1-5-25-16-10-14-12-22(18(24)27-19(2,3)4)11-13(14)9-15(16)21-17(23)26-8-6-7-20/h9-10H,5-8,11-12H2,1-4H3,(H,21,23). The number of nitrogens with one attached hydrogen (secondary N) is 1. The zero-order valence-corrected chi connectivity index (χ0v) is 17.0. The normalized spacial score (nSPS) is 13.1. The molecule has 0 aliphatic carbocycles. The number of hydrogen-bond acceptors (Lipinski definition) is 5. The first kappa shape index (κ1) is 21.2. The Bertz CT molecular complexity index is 687. The van der Waals surface area contributed by atoms with Gasteiger partial charge < -0.3 is 14.2 Å². The van der Waals surface area contributed by atoms with Gasteiger partial charge >= 0.3 is 12.2 Å². The van der Waals surface area contributed by atoms with E-state index in [1.807, 2.05) is 39.8 Å². The summed E-state index contributed by atoms with van der Waals surface area (Å²) >= 11 is 5.58. The molecule has 27 heavy (non-hydrogen) atoms. The third-order valence-corrected chi connectivity index (χ3v) is 3.99. The van der Waals surface area contributed by atoms with E-state index in [4.69, 9.17) is 25.8 Å². The molecule has 0 radical (unpaired) electrons. The van der Waals surface area contributed by atoms with Crippen molar-refractivity contribution in [1.82, 2.24) is 4.90 Å². The Labute approximate surface area is 164 Å². The summed E-state index contributed by atoms with van der Waals surface area (Å²) in [5.41, 5.74) is 1.85. The number of carbonyl (C=O) groups excluding carboxylic acids is 2. The molecule has 7 nitrogen and oxygen atoms in total. The maximum Gasteiger partial charge on any atom is 0.411 e. The molecule has 1 aliphatic rings. The fourth-order valence-corrected chi connectivity index (χ4v) is 2.73. The van der Waals surface area contributed by atoms with Gasteiger partial charge in [0.25, 0.3) is 0 Å². The molecule has 0 saturated heterocycles. The minimum absolute atomic E-state index is 0.247. The third kappa shape index (κ3) is 6.20. The zero-order valence-electron chi connectivity index (χ0n) is 16.3. The lowest BCUT2D eigenvalue weighted by molar-refractivity contribution is 0.0241. The molecule has 1 aromatic carbocycles. The van der Waals surface area contributed by atoms with Crippen LogP contribution in [-0.2, 0) is 22.6 Å². The van der Waals surface area contributed by atoms with Crippen molar-refractivity contribution in [3.05, 3.63) is 23.3 Å². The smallest absolute Gasteiger partial charge is 0.411 e. The number of fused-ring (bicyclic) bond motifs is 1. The van der Waals surface area contributed by atoms with Crippen LogP contribution in [0.1, 0.15) is 45.2 Å². The zero-order chi connectivity index (χ0) is 20.0. The van der Waals surface area contributed by atoms with Crippen molar-refractivity contribution in [2.45, 2.75) is 52.8 Å². The summed E-state index contributed by atoms with van der Waals surface area (Å²) in [6, 6.07) is 3.66. The predicted molar refractivity (Wildman–Crippen MR) is 103 cm³/mol. The van der Waals surface area contributed by atoms with Crippen LogP contribution in [0.25, 0.3) is 0 Å². The van der Waals surface area contributed by atoms with Gasteiger partial charge in [-0.3, -0.25) is 10.2 Å². The van der Waals surface area contributed by atoms with Crippen LogP contribution in [0.15, 0.2) is 12.1 Å². The van der Waals surface area contributed by atoms with E-state index >= 15 is 0 Å². The summed E-state index contributed by atoms with van der Waals surface area (Å²) in [5.74, 6) is 0.966. The molecular formula is C19H27ClN2O5. The third-order valence-electron chi connectivity index (χ3n) is 3.72. The van der Waals surface area contributed by atoms with Crippen molar-refractivity contribution in [2.75, 3.05) is 24.4 Å². The average molecular weight is 399 g/mol. The van der Waals surface area contributed by atoms with E-state index < -0.39 is 11.7 Å². The number of amides is 2. The molecule has 0 spiro atoms. The average Bonchev–Trinajstić information content (AvgIpc) is 2.97. The van der Waals surface area contributed by atoms with E-state index in [9.17, 15) is 9.59 Å². The molecule has 0 fully saturated rings. The van der Waals surface area contributed by atoms with Crippen LogP contribution in [0, 0.1) is 0 Å². The molecule has 2 rings (SSSR count). The van der Waals surface area contributed by atoms with E-state index in [1.165, 1.54) is 0 Å². The highest BCUT2D eigenvalue weighted by molar-refractivity contribution is 6.17. The molecule has 0 saturated carbocycles. The fourth-order valence-electron chi connectivity index (χ4n) is 2.62. The van der Waals surface area contributed by atoms with Crippen molar-refractivity contribution < 1.29 is 23.8 Å². The summed E-state index contributed by atoms with van der Waals surface area (Å²) in [6.07, 6.45) is -0.350. The number of benzene rings is 1. The first-order valence-electron chi connectivity index (χ1n) is 8.99.